The van der Waals surface area contributed by atoms with E-state index in [2.05, 4.69) is 40.7 Å². The lowest BCUT2D eigenvalue weighted by Crippen LogP contribution is -2.36. The summed E-state index contributed by atoms with van der Waals surface area (Å²) in [6, 6.07) is 14.1. The van der Waals surface area contributed by atoms with Crippen molar-refractivity contribution in [3.8, 4) is 5.75 Å². The number of rotatable bonds is 7. The number of aryl methyl sites for hydroxylation is 1. The molecule has 0 saturated carbocycles. The van der Waals surface area contributed by atoms with Gasteiger partial charge in [0.2, 0.25) is 0 Å². The minimum atomic E-state index is 0. The van der Waals surface area contributed by atoms with Crippen molar-refractivity contribution in [2.45, 2.75) is 26.4 Å². The molecule has 29 heavy (non-hydrogen) atoms. The molecule has 0 radical (unpaired) electrons. The third kappa shape index (κ3) is 7.68. The summed E-state index contributed by atoms with van der Waals surface area (Å²) in [7, 11) is 1.77. The van der Waals surface area contributed by atoms with Crippen molar-refractivity contribution in [2.75, 3.05) is 26.9 Å². The van der Waals surface area contributed by atoms with E-state index in [0.29, 0.717) is 25.6 Å². The van der Waals surface area contributed by atoms with Gasteiger partial charge in [-0.25, -0.2) is 0 Å². The summed E-state index contributed by atoms with van der Waals surface area (Å²) in [6.07, 6.45) is 1.07. The predicted molar refractivity (Wildman–Crippen MR) is 130 cm³/mol. The van der Waals surface area contributed by atoms with Crippen molar-refractivity contribution in [2.24, 2.45) is 10.9 Å². The monoisotopic (exact) mass is 529 g/mol. The lowest BCUT2D eigenvalue weighted by molar-refractivity contribution is 0.166. The zero-order chi connectivity index (χ0) is 19.8. The first-order valence-corrected chi connectivity index (χ1v) is 10.0. The van der Waals surface area contributed by atoms with E-state index in [9.17, 15) is 0 Å². The average molecular weight is 530 g/mol. The topological polar surface area (TPSA) is 54.9 Å². The fourth-order valence-electron chi connectivity index (χ4n) is 3.05. The summed E-state index contributed by atoms with van der Waals surface area (Å²) in [5.74, 6) is 2.15. The molecule has 7 heteroatoms. The summed E-state index contributed by atoms with van der Waals surface area (Å²) in [5.41, 5.74) is 3.44. The fourth-order valence-corrected chi connectivity index (χ4v) is 3.18. The second-order valence-corrected chi connectivity index (χ2v) is 7.49. The van der Waals surface area contributed by atoms with Crippen LogP contribution >= 0.6 is 35.6 Å². The molecule has 0 bridgehead atoms. The SMILES string of the molecule is CN=C(NCc1ccc(Cl)cc1)NCc1ccc(C)cc1OCC1CCOC1.I. The largest absolute Gasteiger partial charge is 0.493 e. The number of nitrogens with one attached hydrogen (secondary N) is 2. The van der Waals surface area contributed by atoms with E-state index in [0.717, 1.165) is 47.5 Å². The Morgan fingerprint density at radius 2 is 1.93 bits per heavy atom. The maximum absolute atomic E-state index is 6.12. The van der Waals surface area contributed by atoms with Crippen LogP contribution < -0.4 is 15.4 Å². The van der Waals surface area contributed by atoms with Gasteiger partial charge in [-0.3, -0.25) is 4.99 Å². The Hall–Kier alpha value is -1.51. The van der Waals surface area contributed by atoms with E-state index in [4.69, 9.17) is 21.1 Å². The lowest BCUT2D eigenvalue weighted by atomic mass is 10.1. The molecule has 0 aliphatic carbocycles. The third-order valence-electron chi connectivity index (χ3n) is 4.76. The van der Waals surface area contributed by atoms with Crippen molar-refractivity contribution >= 4 is 41.5 Å². The lowest BCUT2D eigenvalue weighted by Gasteiger charge is -2.17. The van der Waals surface area contributed by atoms with Crippen molar-refractivity contribution in [1.29, 1.82) is 0 Å². The number of hydrogen-bond donors (Lipinski definition) is 2. The number of halogens is 2. The van der Waals surface area contributed by atoms with Crippen LogP contribution in [0.3, 0.4) is 0 Å². The molecule has 1 fully saturated rings. The van der Waals surface area contributed by atoms with Gasteiger partial charge in [-0.15, -0.1) is 24.0 Å². The van der Waals surface area contributed by atoms with Crippen LogP contribution in [0, 0.1) is 12.8 Å². The first-order chi connectivity index (χ1) is 13.6. The Kier molecular flexibility index (Phi) is 10.0. The molecule has 1 atom stereocenters. The molecule has 5 nitrogen and oxygen atoms in total. The molecule has 2 N–H and O–H groups in total. The van der Waals surface area contributed by atoms with Gasteiger partial charge in [-0.1, -0.05) is 35.9 Å². The highest BCUT2D eigenvalue weighted by molar-refractivity contribution is 14.0. The molecule has 0 spiro atoms. The van der Waals surface area contributed by atoms with Crippen LogP contribution in [0.2, 0.25) is 5.02 Å². The maximum atomic E-state index is 6.12. The first kappa shape index (κ1) is 23.8. The smallest absolute Gasteiger partial charge is 0.191 e. The minimum Gasteiger partial charge on any atom is -0.493 e. The molecule has 0 amide bonds. The Labute approximate surface area is 195 Å². The standard InChI is InChI=1S/C22H28ClN3O2.HI/c1-16-3-6-19(21(11-16)28-15-18-9-10-27-14-18)13-26-22(24-2)25-12-17-4-7-20(23)8-5-17;/h3-8,11,18H,9-10,12-15H2,1-2H3,(H2,24,25,26);1H. The van der Waals surface area contributed by atoms with Crippen LogP contribution in [0.4, 0.5) is 0 Å². The van der Waals surface area contributed by atoms with Gasteiger partial charge in [0.25, 0.3) is 0 Å². The van der Waals surface area contributed by atoms with Crippen LogP contribution in [0.5, 0.6) is 5.75 Å². The van der Waals surface area contributed by atoms with Gasteiger partial charge in [-0.2, -0.15) is 0 Å². The molecule has 158 valence electrons. The highest BCUT2D eigenvalue weighted by Crippen LogP contribution is 2.22. The quantitative estimate of drug-likeness (QED) is 0.314. The molecule has 1 aliphatic rings. The third-order valence-corrected chi connectivity index (χ3v) is 5.02. The molecule has 1 aliphatic heterocycles. The zero-order valence-electron chi connectivity index (χ0n) is 16.9. The van der Waals surface area contributed by atoms with E-state index in [-0.39, 0.29) is 24.0 Å². The summed E-state index contributed by atoms with van der Waals surface area (Å²) in [6.45, 7) is 5.72. The average Bonchev–Trinajstić information content (AvgIpc) is 3.22. The molecule has 2 aromatic carbocycles. The predicted octanol–water partition coefficient (Wildman–Crippen LogP) is 4.55. The molecule has 0 aromatic heterocycles. The second kappa shape index (κ2) is 12.2. The zero-order valence-corrected chi connectivity index (χ0v) is 20.0. The Morgan fingerprint density at radius 1 is 1.17 bits per heavy atom. The van der Waals surface area contributed by atoms with Crippen LogP contribution in [-0.2, 0) is 17.8 Å². The Bertz CT molecular complexity index is 793. The summed E-state index contributed by atoms with van der Waals surface area (Å²) >= 11 is 5.94. The highest BCUT2D eigenvalue weighted by atomic mass is 127. The van der Waals surface area contributed by atoms with E-state index in [1.165, 1.54) is 5.56 Å². The first-order valence-electron chi connectivity index (χ1n) is 9.63. The second-order valence-electron chi connectivity index (χ2n) is 7.06. The highest BCUT2D eigenvalue weighted by Gasteiger charge is 2.17. The van der Waals surface area contributed by atoms with Gasteiger partial charge in [0.05, 0.1) is 13.2 Å². The normalized spacial score (nSPS) is 16.2. The minimum absolute atomic E-state index is 0. The van der Waals surface area contributed by atoms with Gasteiger partial charge in [0.1, 0.15) is 5.75 Å². The molecular formula is C22H29ClIN3O2. The summed E-state index contributed by atoms with van der Waals surface area (Å²) in [5, 5.41) is 7.42. The van der Waals surface area contributed by atoms with E-state index >= 15 is 0 Å². The van der Waals surface area contributed by atoms with E-state index in [1.807, 2.05) is 24.3 Å². The number of hydrogen-bond acceptors (Lipinski definition) is 3. The van der Waals surface area contributed by atoms with Crippen molar-refractivity contribution in [3.63, 3.8) is 0 Å². The Balaban J connectivity index is 0.00000300. The maximum Gasteiger partial charge on any atom is 0.191 e. The molecule has 3 rings (SSSR count). The van der Waals surface area contributed by atoms with Crippen LogP contribution in [0.1, 0.15) is 23.1 Å². The number of aliphatic imine (C=N–C) groups is 1. The summed E-state index contributed by atoms with van der Waals surface area (Å²) < 4.78 is 11.6. The van der Waals surface area contributed by atoms with Gasteiger partial charge >= 0.3 is 0 Å². The van der Waals surface area contributed by atoms with Crippen molar-refractivity contribution in [1.82, 2.24) is 10.6 Å². The number of nitrogens with zero attached hydrogens (tertiary/aromatic N) is 1. The van der Waals surface area contributed by atoms with Crippen LogP contribution in [0.15, 0.2) is 47.5 Å². The molecule has 1 unspecified atom stereocenters. The molecular weight excluding hydrogens is 501 g/mol. The number of guanidine groups is 1. The molecule has 1 saturated heterocycles. The number of benzene rings is 2. The molecule has 2 aromatic rings. The fraction of sp³-hybridized carbons (Fsp3) is 0.409. The van der Waals surface area contributed by atoms with Crippen LogP contribution in [0.25, 0.3) is 0 Å². The summed E-state index contributed by atoms with van der Waals surface area (Å²) in [4.78, 5) is 4.30. The van der Waals surface area contributed by atoms with E-state index < -0.39 is 0 Å². The van der Waals surface area contributed by atoms with E-state index in [1.54, 1.807) is 7.05 Å². The van der Waals surface area contributed by atoms with Gasteiger partial charge in [0.15, 0.2) is 5.96 Å². The van der Waals surface area contributed by atoms with Crippen LogP contribution in [-0.4, -0.2) is 32.8 Å². The Morgan fingerprint density at radius 3 is 2.62 bits per heavy atom. The molecule has 1 heterocycles. The van der Waals surface area contributed by atoms with Crippen molar-refractivity contribution < 1.29 is 9.47 Å². The van der Waals surface area contributed by atoms with Crippen molar-refractivity contribution in [3.05, 3.63) is 64.2 Å². The van der Waals surface area contributed by atoms with Gasteiger partial charge in [0, 0.05) is 43.2 Å². The van der Waals surface area contributed by atoms with Gasteiger partial charge in [-0.05, 0) is 42.7 Å². The number of ether oxygens (including phenoxy) is 2. The van der Waals surface area contributed by atoms with Gasteiger partial charge < -0.3 is 20.1 Å².